The van der Waals surface area contributed by atoms with Gasteiger partial charge in [0, 0.05) is 11.3 Å². The van der Waals surface area contributed by atoms with Crippen molar-refractivity contribution in [3.63, 3.8) is 0 Å². The third-order valence-electron chi connectivity index (χ3n) is 5.01. The fourth-order valence-corrected chi connectivity index (χ4v) is 3.58. The minimum absolute atomic E-state index is 0.0384. The van der Waals surface area contributed by atoms with E-state index < -0.39 is 6.10 Å². The van der Waals surface area contributed by atoms with Gasteiger partial charge in [-0.3, -0.25) is 0 Å². The van der Waals surface area contributed by atoms with Gasteiger partial charge in [0.15, 0.2) is 0 Å². The van der Waals surface area contributed by atoms with Gasteiger partial charge in [-0.1, -0.05) is 20.8 Å². The van der Waals surface area contributed by atoms with Gasteiger partial charge in [-0.15, -0.1) is 0 Å². The third-order valence-corrected chi connectivity index (χ3v) is 5.01. The molecular formula is C10H19NO2. The Morgan fingerprint density at radius 2 is 2.00 bits per heavy atom. The first-order valence-electron chi connectivity index (χ1n) is 5.08. The Morgan fingerprint density at radius 3 is 2.31 bits per heavy atom. The molecule has 3 N–H and O–H groups in total. The van der Waals surface area contributed by atoms with E-state index in [2.05, 4.69) is 20.8 Å². The van der Waals surface area contributed by atoms with Crippen LogP contribution in [0.3, 0.4) is 0 Å². The fourth-order valence-electron chi connectivity index (χ4n) is 3.58. The lowest BCUT2D eigenvalue weighted by molar-refractivity contribution is -0.643. The molecule has 0 aliphatic heterocycles. The van der Waals surface area contributed by atoms with E-state index in [1.54, 1.807) is 0 Å². The summed E-state index contributed by atoms with van der Waals surface area (Å²) >= 11 is 0. The summed E-state index contributed by atoms with van der Waals surface area (Å²) < 4.78 is 0. The zero-order valence-electron chi connectivity index (χ0n) is 8.58. The minimum atomic E-state index is -0.418. The number of hydrogen-bond donors (Lipinski definition) is 2. The summed E-state index contributed by atoms with van der Waals surface area (Å²) in [7, 11) is 0. The molecule has 2 fully saturated rings. The lowest BCUT2D eigenvalue weighted by Gasteiger charge is -2.36. The summed E-state index contributed by atoms with van der Waals surface area (Å²) in [6.07, 6.45) is 1.75. The molecule has 2 saturated carbocycles. The normalized spacial score (nSPS) is 52.8. The second-order valence-corrected chi connectivity index (χ2v) is 5.44. The van der Waals surface area contributed by atoms with Gasteiger partial charge < -0.3 is 15.8 Å². The average molecular weight is 185 g/mol. The summed E-state index contributed by atoms with van der Waals surface area (Å²) in [5, 5.41) is 20.9. The van der Waals surface area contributed by atoms with Gasteiger partial charge in [0.2, 0.25) is 0 Å². The number of nitrogens with two attached hydrogens (primary N) is 1. The van der Waals surface area contributed by atoms with Gasteiger partial charge in [-0.2, -0.15) is 0 Å². The maximum Gasteiger partial charge on any atom is 0.116 e. The molecule has 0 aromatic carbocycles. The van der Waals surface area contributed by atoms with Crippen LogP contribution in [-0.2, 0) is 0 Å². The topological polar surface area (TPSA) is 59.9 Å². The Bertz CT molecular complexity index is 229. The molecule has 3 heteroatoms. The van der Waals surface area contributed by atoms with E-state index in [9.17, 15) is 10.3 Å². The molecule has 0 aromatic heterocycles. The van der Waals surface area contributed by atoms with Gasteiger partial charge in [-0.25, -0.2) is 0 Å². The number of rotatable bonds is 1. The van der Waals surface area contributed by atoms with E-state index in [0.717, 1.165) is 18.3 Å². The highest BCUT2D eigenvalue weighted by Crippen LogP contribution is 2.64. The summed E-state index contributed by atoms with van der Waals surface area (Å²) in [6.45, 7) is 6.51. The van der Waals surface area contributed by atoms with Gasteiger partial charge in [-0.05, 0) is 18.3 Å². The Morgan fingerprint density at radius 1 is 1.38 bits per heavy atom. The van der Waals surface area contributed by atoms with Crippen LogP contribution in [0.5, 0.6) is 0 Å². The van der Waals surface area contributed by atoms with Crippen molar-refractivity contribution in [3.8, 4) is 0 Å². The predicted molar refractivity (Wildman–Crippen MR) is 49.7 cm³/mol. The maximum absolute atomic E-state index is 10.9. The van der Waals surface area contributed by atoms with Crippen LogP contribution < -0.4 is 5.48 Å². The van der Waals surface area contributed by atoms with Crippen molar-refractivity contribution in [1.82, 2.24) is 0 Å². The van der Waals surface area contributed by atoms with E-state index in [1.165, 1.54) is 0 Å². The van der Waals surface area contributed by atoms with Gasteiger partial charge in [0.1, 0.15) is 12.1 Å². The smallest absolute Gasteiger partial charge is 0.116 e. The van der Waals surface area contributed by atoms with Crippen molar-refractivity contribution in [1.29, 1.82) is 0 Å². The van der Waals surface area contributed by atoms with Crippen molar-refractivity contribution in [2.24, 2.45) is 16.7 Å². The third kappa shape index (κ3) is 0.853. The molecule has 4 atom stereocenters. The van der Waals surface area contributed by atoms with Crippen LogP contribution in [0.15, 0.2) is 0 Å². The first kappa shape index (κ1) is 9.44. The second-order valence-electron chi connectivity index (χ2n) is 5.44. The average Bonchev–Trinajstić information content (AvgIpc) is 2.36. The largest absolute Gasteiger partial charge is 0.635 e. The highest BCUT2D eigenvalue weighted by atomic mass is 16.5. The van der Waals surface area contributed by atoms with Gasteiger partial charge >= 0.3 is 0 Å². The van der Waals surface area contributed by atoms with Crippen molar-refractivity contribution >= 4 is 0 Å². The zero-order valence-corrected chi connectivity index (χ0v) is 8.58. The predicted octanol–water partition coefficient (Wildman–Crippen LogP) is 0.233. The quantitative estimate of drug-likeness (QED) is 0.575. The molecule has 2 rings (SSSR count). The maximum atomic E-state index is 10.9. The molecule has 0 spiro atoms. The summed E-state index contributed by atoms with van der Waals surface area (Å²) in [4.78, 5) is 0. The number of hydrogen-bond acceptors (Lipinski definition) is 2. The molecule has 0 heterocycles. The molecule has 13 heavy (non-hydrogen) atoms. The molecule has 3 nitrogen and oxygen atoms in total. The number of fused-ring (bicyclic) bond motifs is 2. The molecule has 76 valence electrons. The SMILES string of the molecule is CC1(C)[C@@H]2CC[C@@]1(C)[C@H](O)[C@@H]2[NH2+][O-]. The molecule has 0 radical (unpaired) electrons. The molecule has 2 bridgehead atoms. The highest BCUT2D eigenvalue weighted by molar-refractivity contribution is 5.14. The van der Waals surface area contributed by atoms with E-state index in [4.69, 9.17) is 0 Å². The molecule has 2 aliphatic rings. The second kappa shape index (κ2) is 2.47. The monoisotopic (exact) mass is 185 g/mol. The molecule has 0 saturated heterocycles. The molecule has 2 aliphatic carbocycles. The van der Waals surface area contributed by atoms with Crippen molar-refractivity contribution in [3.05, 3.63) is 5.21 Å². The van der Waals surface area contributed by atoms with Crippen molar-refractivity contribution in [2.45, 2.75) is 45.8 Å². The number of hydroxylamine groups is 1. The Kier molecular flexibility index (Phi) is 1.79. The van der Waals surface area contributed by atoms with E-state index in [0.29, 0.717) is 5.92 Å². The Labute approximate surface area is 79.1 Å². The van der Waals surface area contributed by atoms with E-state index >= 15 is 0 Å². The van der Waals surface area contributed by atoms with E-state index in [-0.39, 0.29) is 16.9 Å². The first-order chi connectivity index (χ1) is 5.95. The summed E-state index contributed by atoms with van der Waals surface area (Å²) in [6, 6.07) is -0.117. The Balaban J connectivity index is 2.39. The van der Waals surface area contributed by atoms with Crippen LogP contribution in [0.1, 0.15) is 33.6 Å². The zero-order chi connectivity index (χ0) is 9.85. The van der Waals surface area contributed by atoms with E-state index in [1.807, 2.05) is 0 Å². The molecule has 0 amide bonds. The van der Waals surface area contributed by atoms with Crippen LogP contribution in [-0.4, -0.2) is 17.3 Å². The standard InChI is InChI=1S/C10H19NO2/c1-9(2)6-4-5-10(9,3)8(12)7(6)11-13/h6-8,12H,4-5,11H2,1-3H3/t6-,7-,8-,10+/m1/s1. The van der Waals surface area contributed by atoms with Crippen LogP contribution in [0.4, 0.5) is 0 Å². The fraction of sp³-hybridized carbons (Fsp3) is 1.00. The summed E-state index contributed by atoms with van der Waals surface area (Å²) in [5.41, 5.74) is 1.04. The van der Waals surface area contributed by atoms with Crippen molar-refractivity contribution < 1.29 is 10.6 Å². The van der Waals surface area contributed by atoms with Crippen LogP contribution in [0.25, 0.3) is 0 Å². The Hall–Kier alpha value is -0.120. The molecule has 0 aromatic rings. The molecular weight excluding hydrogens is 166 g/mol. The lowest BCUT2D eigenvalue weighted by Crippen LogP contribution is -2.88. The van der Waals surface area contributed by atoms with Crippen LogP contribution in [0.2, 0.25) is 0 Å². The highest BCUT2D eigenvalue weighted by Gasteiger charge is 2.67. The number of quaternary nitrogens is 1. The number of aliphatic hydroxyl groups is 1. The number of aliphatic hydroxyl groups excluding tert-OH is 1. The minimum Gasteiger partial charge on any atom is -0.635 e. The lowest BCUT2D eigenvalue weighted by atomic mass is 9.70. The van der Waals surface area contributed by atoms with Crippen LogP contribution >= 0.6 is 0 Å². The summed E-state index contributed by atoms with van der Waals surface area (Å²) in [5.74, 6) is 0.394. The molecule has 0 unspecified atom stereocenters. The van der Waals surface area contributed by atoms with Crippen molar-refractivity contribution in [2.75, 3.05) is 0 Å². The first-order valence-corrected chi connectivity index (χ1v) is 5.08. The van der Waals surface area contributed by atoms with Crippen LogP contribution in [0, 0.1) is 22.0 Å². The van der Waals surface area contributed by atoms with Gasteiger partial charge in [0.25, 0.3) is 0 Å². The van der Waals surface area contributed by atoms with Gasteiger partial charge in [0.05, 0.1) is 0 Å².